The maximum absolute atomic E-state index is 13.0. The lowest BCUT2D eigenvalue weighted by Gasteiger charge is -2.36. The van der Waals surface area contributed by atoms with Crippen molar-refractivity contribution in [3.05, 3.63) is 58.3 Å². The first-order valence-electron chi connectivity index (χ1n) is 9.94. The molecule has 1 heterocycles. The highest BCUT2D eigenvalue weighted by Gasteiger charge is 2.22. The quantitative estimate of drug-likeness (QED) is 0.429. The molecule has 0 aliphatic carbocycles. The van der Waals surface area contributed by atoms with Gasteiger partial charge in [-0.2, -0.15) is 0 Å². The van der Waals surface area contributed by atoms with Gasteiger partial charge in [-0.1, -0.05) is 23.2 Å². The summed E-state index contributed by atoms with van der Waals surface area (Å²) in [6.07, 6.45) is 0.569. The molecule has 9 heteroatoms. The normalized spacial score (nSPS) is 13.8. The van der Waals surface area contributed by atoms with Crippen LogP contribution in [0.3, 0.4) is 0 Å². The first kappa shape index (κ1) is 23.2. The molecule has 0 unspecified atom stereocenters. The molecule has 0 atom stereocenters. The summed E-state index contributed by atoms with van der Waals surface area (Å²) >= 11 is 11.8. The first-order valence-corrected chi connectivity index (χ1v) is 10.7. The first-order chi connectivity index (χ1) is 14.9. The Kier molecular flexibility index (Phi) is 8.37. The maximum atomic E-state index is 13.0. The highest BCUT2D eigenvalue weighted by molar-refractivity contribution is 6.35. The van der Waals surface area contributed by atoms with Gasteiger partial charge in [0.15, 0.2) is 6.61 Å². The summed E-state index contributed by atoms with van der Waals surface area (Å²) < 4.78 is 23.7. The van der Waals surface area contributed by atoms with Crippen molar-refractivity contribution in [3.8, 4) is 5.75 Å². The van der Waals surface area contributed by atoms with Crippen LogP contribution in [-0.4, -0.2) is 56.2 Å². The van der Waals surface area contributed by atoms with Crippen molar-refractivity contribution in [2.45, 2.75) is 12.8 Å². The van der Waals surface area contributed by atoms with Crippen LogP contribution in [-0.2, 0) is 14.3 Å². The van der Waals surface area contributed by atoms with E-state index >= 15 is 0 Å². The topological polar surface area (TPSA) is 59.1 Å². The smallest absolute Gasteiger partial charge is 0.306 e. The van der Waals surface area contributed by atoms with E-state index in [2.05, 4.69) is 4.90 Å². The van der Waals surface area contributed by atoms with E-state index in [-0.39, 0.29) is 31.4 Å². The third-order valence-corrected chi connectivity index (χ3v) is 5.39. The molecule has 1 saturated heterocycles. The number of benzene rings is 2. The fraction of sp³-hybridized carbons (Fsp3) is 0.364. The van der Waals surface area contributed by atoms with Gasteiger partial charge in [-0.3, -0.25) is 9.59 Å². The maximum Gasteiger partial charge on any atom is 0.306 e. The molecule has 0 radical (unpaired) electrons. The Morgan fingerprint density at radius 1 is 1.00 bits per heavy atom. The van der Waals surface area contributed by atoms with E-state index in [9.17, 15) is 14.0 Å². The molecule has 1 aliphatic rings. The van der Waals surface area contributed by atoms with Crippen molar-refractivity contribution >= 4 is 40.8 Å². The monoisotopic (exact) mass is 468 g/mol. The van der Waals surface area contributed by atoms with Crippen molar-refractivity contribution in [1.29, 1.82) is 0 Å². The molecule has 0 spiro atoms. The van der Waals surface area contributed by atoms with Crippen molar-refractivity contribution in [2.24, 2.45) is 0 Å². The van der Waals surface area contributed by atoms with Gasteiger partial charge in [0, 0.05) is 43.3 Å². The van der Waals surface area contributed by atoms with Gasteiger partial charge in [0.1, 0.15) is 11.6 Å². The van der Waals surface area contributed by atoms with Crippen LogP contribution in [0.1, 0.15) is 12.8 Å². The Morgan fingerprint density at radius 3 is 2.39 bits per heavy atom. The lowest BCUT2D eigenvalue weighted by molar-refractivity contribution is -0.152. The number of halogens is 3. The Morgan fingerprint density at radius 2 is 1.71 bits per heavy atom. The predicted octanol–water partition coefficient (Wildman–Crippen LogP) is 4.18. The van der Waals surface area contributed by atoms with Gasteiger partial charge in [0.2, 0.25) is 0 Å². The van der Waals surface area contributed by atoms with E-state index in [1.807, 2.05) is 0 Å². The Bertz CT molecular complexity index is 903. The fourth-order valence-corrected chi connectivity index (χ4v) is 3.63. The molecule has 2 aromatic carbocycles. The summed E-state index contributed by atoms with van der Waals surface area (Å²) in [5.74, 6) is -0.463. The van der Waals surface area contributed by atoms with E-state index < -0.39 is 5.97 Å². The molecule has 3 rings (SSSR count). The SMILES string of the molecule is O=C(CCCOc1ccc(Cl)cc1Cl)OCC(=O)N1CCN(c2ccc(F)cc2)CC1. The molecule has 0 saturated carbocycles. The largest absolute Gasteiger partial charge is 0.492 e. The zero-order valence-corrected chi connectivity index (χ0v) is 18.4. The highest BCUT2D eigenvalue weighted by atomic mass is 35.5. The van der Waals surface area contributed by atoms with Gasteiger partial charge in [-0.05, 0) is 48.9 Å². The van der Waals surface area contributed by atoms with Crippen LogP contribution in [0.2, 0.25) is 10.0 Å². The van der Waals surface area contributed by atoms with Crippen LogP contribution in [0.15, 0.2) is 42.5 Å². The van der Waals surface area contributed by atoms with Gasteiger partial charge in [0.05, 0.1) is 11.6 Å². The third-order valence-electron chi connectivity index (χ3n) is 4.86. The number of hydrogen-bond donors (Lipinski definition) is 0. The molecule has 0 bridgehead atoms. The predicted molar refractivity (Wildman–Crippen MR) is 117 cm³/mol. The van der Waals surface area contributed by atoms with Crippen LogP contribution < -0.4 is 9.64 Å². The van der Waals surface area contributed by atoms with Crippen LogP contribution in [0.5, 0.6) is 5.75 Å². The standard InChI is InChI=1S/C22H23Cl2FN2O4/c23-16-3-8-20(19(24)14-16)30-13-1-2-22(29)31-15-21(28)27-11-9-26(10-12-27)18-6-4-17(25)5-7-18/h3-8,14H,1-2,9-13,15H2. The molecule has 0 N–H and O–H groups in total. The number of carbonyl (C=O) groups excluding carboxylic acids is 2. The minimum Gasteiger partial charge on any atom is -0.492 e. The zero-order valence-electron chi connectivity index (χ0n) is 16.9. The van der Waals surface area contributed by atoms with E-state index in [1.165, 1.54) is 12.1 Å². The molecule has 1 amide bonds. The zero-order chi connectivity index (χ0) is 22.2. The Hall–Kier alpha value is -2.51. The number of piperazine rings is 1. The third kappa shape index (κ3) is 7.01. The number of rotatable bonds is 8. The Balaban J connectivity index is 1.31. The molecule has 31 heavy (non-hydrogen) atoms. The number of hydrogen-bond acceptors (Lipinski definition) is 5. The van der Waals surface area contributed by atoms with Crippen LogP contribution >= 0.6 is 23.2 Å². The summed E-state index contributed by atoms with van der Waals surface area (Å²) in [6.45, 7) is 2.31. The van der Waals surface area contributed by atoms with Gasteiger partial charge in [-0.25, -0.2) is 4.39 Å². The van der Waals surface area contributed by atoms with Gasteiger partial charge in [0.25, 0.3) is 5.91 Å². The summed E-state index contributed by atoms with van der Waals surface area (Å²) in [6, 6.07) is 11.2. The van der Waals surface area contributed by atoms with Crippen molar-refractivity contribution in [1.82, 2.24) is 4.90 Å². The number of carbonyl (C=O) groups is 2. The molecule has 6 nitrogen and oxygen atoms in total. The van der Waals surface area contributed by atoms with E-state index in [0.717, 1.165) is 5.69 Å². The highest BCUT2D eigenvalue weighted by Crippen LogP contribution is 2.27. The lowest BCUT2D eigenvalue weighted by atomic mass is 10.2. The summed E-state index contributed by atoms with van der Waals surface area (Å²) in [5, 5.41) is 0.919. The van der Waals surface area contributed by atoms with E-state index in [4.69, 9.17) is 32.7 Å². The number of anilines is 1. The second kappa shape index (κ2) is 11.2. The second-order valence-corrected chi connectivity index (χ2v) is 7.88. The van der Waals surface area contributed by atoms with Gasteiger partial charge >= 0.3 is 5.97 Å². The minimum absolute atomic E-state index is 0.136. The number of esters is 1. The summed E-state index contributed by atoms with van der Waals surface area (Å²) in [7, 11) is 0. The number of ether oxygens (including phenoxy) is 2. The average Bonchev–Trinajstić information content (AvgIpc) is 2.77. The van der Waals surface area contributed by atoms with Crippen LogP contribution in [0, 0.1) is 5.82 Å². The molecular weight excluding hydrogens is 446 g/mol. The second-order valence-electron chi connectivity index (χ2n) is 7.03. The Labute approximate surface area is 190 Å². The average molecular weight is 469 g/mol. The summed E-state index contributed by atoms with van der Waals surface area (Å²) in [4.78, 5) is 27.9. The minimum atomic E-state index is -0.455. The summed E-state index contributed by atoms with van der Waals surface area (Å²) in [5.41, 5.74) is 0.919. The van der Waals surface area contributed by atoms with Crippen LogP contribution in [0.25, 0.3) is 0 Å². The van der Waals surface area contributed by atoms with Crippen molar-refractivity contribution in [2.75, 3.05) is 44.3 Å². The van der Waals surface area contributed by atoms with Gasteiger partial charge in [-0.15, -0.1) is 0 Å². The number of amides is 1. The molecular formula is C22H23Cl2FN2O4. The fourth-order valence-electron chi connectivity index (χ4n) is 3.16. The van der Waals surface area contributed by atoms with Crippen molar-refractivity contribution < 1.29 is 23.5 Å². The number of nitrogens with zero attached hydrogens (tertiary/aromatic N) is 2. The molecule has 2 aromatic rings. The molecule has 166 valence electrons. The molecule has 0 aromatic heterocycles. The van der Waals surface area contributed by atoms with Crippen LogP contribution in [0.4, 0.5) is 10.1 Å². The van der Waals surface area contributed by atoms with Gasteiger partial charge < -0.3 is 19.3 Å². The molecule has 1 fully saturated rings. The lowest BCUT2D eigenvalue weighted by Crippen LogP contribution is -2.49. The van der Waals surface area contributed by atoms with E-state index in [0.29, 0.717) is 48.4 Å². The van der Waals surface area contributed by atoms with E-state index in [1.54, 1.807) is 35.2 Å². The molecule has 1 aliphatic heterocycles. The van der Waals surface area contributed by atoms with Crippen molar-refractivity contribution in [3.63, 3.8) is 0 Å².